The first kappa shape index (κ1) is 6.41. The van der Waals surface area contributed by atoms with Gasteiger partial charge in [0.25, 0.3) is 0 Å². The molecule has 54 valence electrons. The largest absolute Gasteiger partial charge is 0.148 e. The Bertz CT molecular complexity index is 225. The van der Waals surface area contributed by atoms with Gasteiger partial charge in [0.15, 0.2) is 0 Å². The maximum atomic E-state index is 2.36. The maximum absolute atomic E-state index is 2.36. The van der Waals surface area contributed by atoms with E-state index in [9.17, 15) is 0 Å². The van der Waals surface area contributed by atoms with E-state index in [1.807, 2.05) is 11.3 Å². The monoisotopic (exact) mass is 152 g/mol. The van der Waals surface area contributed by atoms with Crippen LogP contribution in [0.5, 0.6) is 0 Å². The van der Waals surface area contributed by atoms with Crippen LogP contribution in [0.25, 0.3) is 0 Å². The topological polar surface area (TPSA) is 0 Å². The van der Waals surface area contributed by atoms with E-state index in [2.05, 4.69) is 31.4 Å². The van der Waals surface area contributed by atoms with Crippen LogP contribution in [0.3, 0.4) is 0 Å². The van der Waals surface area contributed by atoms with Gasteiger partial charge >= 0.3 is 0 Å². The fourth-order valence-electron chi connectivity index (χ4n) is 1.52. The molecule has 0 bridgehead atoms. The van der Waals surface area contributed by atoms with Crippen molar-refractivity contribution in [1.29, 1.82) is 0 Å². The van der Waals surface area contributed by atoms with E-state index in [1.54, 1.807) is 4.88 Å². The van der Waals surface area contributed by atoms with Crippen LogP contribution in [0.1, 0.15) is 25.1 Å². The Balaban J connectivity index is 2.30. The molecule has 0 amide bonds. The first-order valence-electron chi connectivity index (χ1n) is 3.77. The van der Waals surface area contributed by atoms with Gasteiger partial charge in [-0.2, -0.15) is 0 Å². The van der Waals surface area contributed by atoms with Crippen molar-refractivity contribution in [3.63, 3.8) is 0 Å². The van der Waals surface area contributed by atoms with Gasteiger partial charge < -0.3 is 0 Å². The Morgan fingerprint density at radius 1 is 1.70 bits per heavy atom. The van der Waals surface area contributed by atoms with E-state index in [1.165, 1.54) is 6.42 Å². The zero-order valence-electron chi connectivity index (χ0n) is 6.42. The molecule has 0 aromatic carbocycles. The summed E-state index contributed by atoms with van der Waals surface area (Å²) in [6.07, 6.45) is 1.38. The normalized spacial score (nSPS) is 38.0. The summed E-state index contributed by atoms with van der Waals surface area (Å²) in [5.74, 6) is 0.908. The van der Waals surface area contributed by atoms with Crippen molar-refractivity contribution >= 4 is 11.3 Å². The third-order valence-electron chi connectivity index (χ3n) is 2.74. The van der Waals surface area contributed by atoms with Gasteiger partial charge in [-0.05, 0) is 23.8 Å². The molecule has 1 aliphatic carbocycles. The lowest BCUT2D eigenvalue weighted by atomic mass is 10.1. The molecule has 1 saturated carbocycles. The van der Waals surface area contributed by atoms with Gasteiger partial charge in [0.05, 0.1) is 0 Å². The van der Waals surface area contributed by atoms with E-state index < -0.39 is 0 Å². The van der Waals surface area contributed by atoms with Gasteiger partial charge in [-0.25, -0.2) is 0 Å². The summed E-state index contributed by atoms with van der Waals surface area (Å²) in [5, 5.41) is 2.17. The summed E-state index contributed by atoms with van der Waals surface area (Å²) in [5.41, 5.74) is 0.550. The lowest BCUT2D eigenvalue weighted by Crippen LogP contribution is -1.98. The van der Waals surface area contributed by atoms with Crippen LogP contribution in [-0.2, 0) is 5.41 Å². The zero-order valence-corrected chi connectivity index (χ0v) is 7.24. The molecule has 2 rings (SSSR count). The molecule has 2 atom stereocenters. The average Bonchev–Trinajstić information content (AvgIpc) is 2.35. The van der Waals surface area contributed by atoms with Crippen molar-refractivity contribution in [1.82, 2.24) is 0 Å². The lowest BCUT2D eigenvalue weighted by molar-refractivity contribution is 0.717. The zero-order chi connectivity index (χ0) is 7.19. The smallest absolute Gasteiger partial charge is 0.0107 e. The number of hydrogen-bond donors (Lipinski definition) is 0. The van der Waals surface area contributed by atoms with Gasteiger partial charge in [0.2, 0.25) is 0 Å². The second kappa shape index (κ2) is 1.85. The van der Waals surface area contributed by atoms with Crippen molar-refractivity contribution in [2.24, 2.45) is 5.92 Å². The molecule has 0 aliphatic heterocycles. The SMILES string of the molecule is CC1CC1(C)c1cccs1. The Hall–Kier alpha value is -0.300. The highest BCUT2D eigenvalue weighted by Crippen LogP contribution is 2.54. The van der Waals surface area contributed by atoms with Crippen molar-refractivity contribution in [2.75, 3.05) is 0 Å². The second-order valence-electron chi connectivity index (χ2n) is 3.50. The fraction of sp³-hybridized carbons (Fsp3) is 0.556. The van der Waals surface area contributed by atoms with Gasteiger partial charge in [-0.15, -0.1) is 11.3 Å². The summed E-state index contributed by atoms with van der Waals surface area (Å²) >= 11 is 1.90. The standard InChI is InChI=1S/C9H12S/c1-7-6-9(7,2)8-4-3-5-10-8/h3-5,7H,6H2,1-2H3. The van der Waals surface area contributed by atoms with E-state index in [0.29, 0.717) is 5.41 Å². The number of rotatable bonds is 1. The summed E-state index contributed by atoms with van der Waals surface area (Å²) in [7, 11) is 0. The first-order chi connectivity index (χ1) is 4.73. The van der Waals surface area contributed by atoms with Crippen LogP contribution in [-0.4, -0.2) is 0 Å². The predicted octanol–water partition coefficient (Wildman–Crippen LogP) is 3.05. The Kier molecular flexibility index (Phi) is 1.19. The highest BCUT2D eigenvalue weighted by atomic mass is 32.1. The van der Waals surface area contributed by atoms with Crippen LogP contribution in [0.4, 0.5) is 0 Å². The molecule has 1 aromatic rings. The molecule has 1 fully saturated rings. The Morgan fingerprint density at radius 2 is 2.40 bits per heavy atom. The van der Waals surface area contributed by atoms with Crippen LogP contribution in [0, 0.1) is 5.92 Å². The second-order valence-corrected chi connectivity index (χ2v) is 4.45. The van der Waals surface area contributed by atoms with Crippen molar-refractivity contribution < 1.29 is 0 Å². The molecule has 0 N–H and O–H groups in total. The third-order valence-corrected chi connectivity index (χ3v) is 3.89. The van der Waals surface area contributed by atoms with Crippen molar-refractivity contribution in [3.05, 3.63) is 22.4 Å². The molecule has 10 heavy (non-hydrogen) atoms. The van der Waals surface area contributed by atoms with Gasteiger partial charge in [-0.1, -0.05) is 19.9 Å². The highest BCUT2D eigenvalue weighted by Gasteiger charge is 2.48. The Labute approximate surface area is 65.9 Å². The molecule has 0 radical (unpaired) electrons. The molecule has 1 aliphatic rings. The van der Waals surface area contributed by atoms with Crippen LogP contribution < -0.4 is 0 Å². The molecule has 1 heteroatoms. The summed E-state index contributed by atoms with van der Waals surface area (Å²) in [6.45, 7) is 4.70. The molecule has 1 heterocycles. The summed E-state index contributed by atoms with van der Waals surface area (Å²) < 4.78 is 0. The molecule has 0 nitrogen and oxygen atoms in total. The highest BCUT2D eigenvalue weighted by molar-refractivity contribution is 7.10. The fourth-order valence-corrected chi connectivity index (χ4v) is 2.54. The average molecular weight is 152 g/mol. The van der Waals surface area contributed by atoms with E-state index >= 15 is 0 Å². The van der Waals surface area contributed by atoms with E-state index in [0.717, 1.165) is 5.92 Å². The maximum Gasteiger partial charge on any atom is 0.0107 e. The summed E-state index contributed by atoms with van der Waals surface area (Å²) in [6, 6.07) is 4.41. The molecule has 0 spiro atoms. The Morgan fingerprint density at radius 3 is 2.80 bits per heavy atom. The molecule has 2 unspecified atom stereocenters. The van der Waals surface area contributed by atoms with Crippen LogP contribution >= 0.6 is 11.3 Å². The van der Waals surface area contributed by atoms with Crippen molar-refractivity contribution in [3.8, 4) is 0 Å². The quantitative estimate of drug-likeness (QED) is 0.580. The number of hydrogen-bond acceptors (Lipinski definition) is 1. The minimum atomic E-state index is 0.550. The van der Waals surface area contributed by atoms with Crippen molar-refractivity contribution in [2.45, 2.75) is 25.7 Å². The molecule has 0 saturated heterocycles. The van der Waals surface area contributed by atoms with Crippen LogP contribution in [0.2, 0.25) is 0 Å². The van der Waals surface area contributed by atoms with Gasteiger partial charge in [-0.3, -0.25) is 0 Å². The van der Waals surface area contributed by atoms with E-state index in [-0.39, 0.29) is 0 Å². The molecule has 1 aromatic heterocycles. The van der Waals surface area contributed by atoms with Crippen LogP contribution in [0.15, 0.2) is 17.5 Å². The molecular weight excluding hydrogens is 140 g/mol. The molecular formula is C9H12S. The third kappa shape index (κ3) is 0.734. The van der Waals surface area contributed by atoms with Gasteiger partial charge in [0.1, 0.15) is 0 Å². The number of thiophene rings is 1. The minimum Gasteiger partial charge on any atom is -0.148 e. The summed E-state index contributed by atoms with van der Waals surface area (Å²) in [4.78, 5) is 1.57. The first-order valence-corrected chi connectivity index (χ1v) is 4.65. The lowest BCUT2D eigenvalue weighted by Gasteiger charge is -2.04. The van der Waals surface area contributed by atoms with Gasteiger partial charge in [0, 0.05) is 10.3 Å². The minimum absolute atomic E-state index is 0.550. The predicted molar refractivity (Wildman–Crippen MR) is 45.5 cm³/mol. The van der Waals surface area contributed by atoms with E-state index in [4.69, 9.17) is 0 Å².